The van der Waals surface area contributed by atoms with E-state index in [9.17, 15) is 19.2 Å². The first-order valence-electron chi connectivity index (χ1n) is 10.1. The number of nitrogens with one attached hydrogen (secondary N) is 2. The number of rotatable bonds is 5. The summed E-state index contributed by atoms with van der Waals surface area (Å²) < 4.78 is 5.58. The van der Waals surface area contributed by atoms with E-state index in [0.717, 1.165) is 24.0 Å². The van der Waals surface area contributed by atoms with Gasteiger partial charge in [0.25, 0.3) is 5.91 Å². The fraction of sp³-hybridized carbons (Fsp3) is 0.524. The van der Waals surface area contributed by atoms with E-state index in [1.165, 1.54) is 4.90 Å². The van der Waals surface area contributed by atoms with Crippen molar-refractivity contribution < 1.29 is 23.9 Å². The highest BCUT2D eigenvalue weighted by molar-refractivity contribution is 6.05. The van der Waals surface area contributed by atoms with E-state index in [4.69, 9.17) is 4.74 Å². The largest absolute Gasteiger partial charge is 0.377 e. The van der Waals surface area contributed by atoms with Crippen molar-refractivity contribution in [3.8, 4) is 0 Å². The number of piperidine rings is 1. The van der Waals surface area contributed by atoms with Crippen LogP contribution >= 0.6 is 0 Å². The number of hydrogen-bond acceptors (Lipinski definition) is 5. The number of carbonyl (C=O) groups is 4. The molecule has 1 aromatic carbocycles. The quantitative estimate of drug-likeness (QED) is 0.715. The summed E-state index contributed by atoms with van der Waals surface area (Å²) >= 11 is 0. The van der Waals surface area contributed by atoms with Crippen LogP contribution in [0, 0.1) is 5.92 Å². The van der Waals surface area contributed by atoms with Crippen molar-refractivity contribution in [2.45, 2.75) is 57.8 Å². The van der Waals surface area contributed by atoms with Gasteiger partial charge in [0.05, 0.1) is 12.0 Å². The van der Waals surface area contributed by atoms with Crippen LogP contribution in [0.3, 0.4) is 0 Å². The number of benzene rings is 1. The number of ether oxygens (including phenoxy) is 1. The van der Waals surface area contributed by atoms with Gasteiger partial charge in [-0.3, -0.25) is 24.5 Å². The van der Waals surface area contributed by atoms with Crippen molar-refractivity contribution in [1.29, 1.82) is 0 Å². The standard InChI is InChI=1S/C21H25N3O5/c1-2-17-14(7-8-29-17)19(26)22-10-12-3-4-13-11-24(21(28)15(13)9-12)16-5-6-18(25)23-20(16)27/h3-4,9,14,16-17H,2,5-8,10-11H2,1H3,(H,22,26)(H,23,25,27)/t14-,16?,17+/m1/s1. The van der Waals surface area contributed by atoms with Gasteiger partial charge in [-0.15, -0.1) is 0 Å². The lowest BCUT2D eigenvalue weighted by atomic mass is 9.98. The van der Waals surface area contributed by atoms with Gasteiger partial charge < -0.3 is 15.0 Å². The van der Waals surface area contributed by atoms with Crippen molar-refractivity contribution >= 4 is 23.6 Å². The van der Waals surface area contributed by atoms with Gasteiger partial charge in [-0.2, -0.15) is 0 Å². The van der Waals surface area contributed by atoms with E-state index >= 15 is 0 Å². The average molecular weight is 399 g/mol. The minimum Gasteiger partial charge on any atom is -0.377 e. The van der Waals surface area contributed by atoms with E-state index in [1.807, 2.05) is 19.1 Å². The predicted molar refractivity (Wildman–Crippen MR) is 102 cm³/mol. The SMILES string of the molecule is CC[C@@H]1OCC[C@H]1C(=O)NCc1ccc2c(c1)C(=O)N(C1CCC(=O)NC1=O)C2. The highest BCUT2D eigenvalue weighted by Crippen LogP contribution is 2.28. The second-order valence-electron chi connectivity index (χ2n) is 7.82. The van der Waals surface area contributed by atoms with Gasteiger partial charge in [0.1, 0.15) is 6.04 Å². The molecular formula is C21H25N3O5. The van der Waals surface area contributed by atoms with Crippen molar-refractivity contribution in [3.05, 3.63) is 34.9 Å². The van der Waals surface area contributed by atoms with Gasteiger partial charge in [-0.1, -0.05) is 19.1 Å². The molecule has 8 nitrogen and oxygen atoms in total. The number of imide groups is 1. The lowest BCUT2D eigenvalue weighted by Crippen LogP contribution is -2.52. The molecule has 3 aliphatic rings. The molecule has 0 radical (unpaired) electrons. The smallest absolute Gasteiger partial charge is 0.255 e. The van der Waals surface area contributed by atoms with Crippen LogP contribution in [0.15, 0.2) is 18.2 Å². The molecule has 2 saturated heterocycles. The molecule has 1 unspecified atom stereocenters. The zero-order valence-electron chi connectivity index (χ0n) is 16.4. The van der Waals surface area contributed by atoms with Crippen LogP contribution in [-0.2, 0) is 32.2 Å². The molecule has 4 amide bonds. The van der Waals surface area contributed by atoms with Gasteiger partial charge in [0.15, 0.2) is 0 Å². The molecular weight excluding hydrogens is 374 g/mol. The van der Waals surface area contributed by atoms with Crippen molar-refractivity contribution in [1.82, 2.24) is 15.5 Å². The molecule has 0 saturated carbocycles. The summed E-state index contributed by atoms with van der Waals surface area (Å²) in [4.78, 5) is 50.3. The first kappa shape index (κ1) is 19.6. The second kappa shape index (κ2) is 7.94. The second-order valence-corrected chi connectivity index (χ2v) is 7.82. The van der Waals surface area contributed by atoms with Gasteiger partial charge in [0.2, 0.25) is 17.7 Å². The van der Waals surface area contributed by atoms with Crippen LogP contribution in [0.2, 0.25) is 0 Å². The summed E-state index contributed by atoms with van der Waals surface area (Å²) in [5.41, 5.74) is 2.24. The van der Waals surface area contributed by atoms with E-state index in [1.54, 1.807) is 6.07 Å². The van der Waals surface area contributed by atoms with E-state index in [2.05, 4.69) is 10.6 Å². The minimum atomic E-state index is -0.621. The maximum absolute atomic E-state index is 12.9. The highest BCUT2D eigenvalue weighted by Gasteiger charge is 2.39. The van der Waals surface area contributed by atoms with Gasteiger partial charge in [-0.05, 0) is 36.5 Å². The summed E-state index contributed by atoms with van der Waals surface area (Å²) in [7, 11) is 0. The predicted octanol–water partition coefficient (Wildman–Crippen LogP) is 0.879. The molecule has 3 atom stereocenters. The summed E-state index contributed by atoms with van der Waals surface area (Å²) in [6.07, 6.45) is 2.08. The zero-order valence-corrected chi connectivity index (χ0v) is 16.4. The molecule has 0 aliphatic carbocycles. The fourth-order valence-electron chi connectivity index (χ4n) is 4.38. The lowest BCUT2D eigenvalue weighted by molar-refractivity contribution is -0.137. The molecule has 0 bridgehead atoms. The number of carbonyl (C=O) groups excluding carboxylic acids is 4. The number of fused-ring (bicyclic) bond motifs is 1. The maximum atomic E-state index is 12.9. The van der Waals surface area contributed by atoms with Crippen LogP contribution in [0.5, 0.6) is 0 Å². The topological polar surface area (TPSA) is 105 Å². The van der Waals surface area contributed by atoms with E-state index < -0.39 is 11.9 Å². The monoisotopic (exact) mass is 399 g/mol. The van der Waals surface area contributed by atoms with Crippen LogP contribution in [0.1, 0.15) is 54.1 Å². The zero-order chi connectivity index (χ0) is 20.5. The third-order valence-electron chi connectivity index (χ3n) is 6.01. The molecule has 29 heavy (non-hydrogen) atoms. The van der Waals surface area contributed by atoms with Gasteiger partial charge in [0, 0.05) is 31.7 Å². The fourth-order valence-corrected chi connectivity index (χ4v) is 4.38. The molecule has 0 aromatic heterocycles. The molecule has 2 fully saturated rings. The normalized spacial score (nSPS) is 26.4. The van der Waals surface area contributed by atoms with Crippen molar-refractivity contribution in [2.75, 3.05) is 6.61 Å². The van der Waals surface area contributed by atoms with Gasteiger partial charge >= 0.3 is 0 Å². The van der Waals surface area contributed by atoms with E-state index in [-0.39, 0.29) is 36.2 Å². The Hall–Kier alpha value is -2.74. The van der Waals surface area contributed by atoms with Crippen LogP contribution in [0.25, 0.3) is 0 Å². The number of hydrogen-bond donors (Lipinski definition) is 2. The molecule has 3 heterocycles. The molecule has 154 valence electrons. The molecule has 1 aromatic rings. The average Bonchev–Trinajstić information content (AvgIpc) is 3.31. The number of nitrogens with zero attached hydrogens (tertiary/aromatic N) is 1. The van der Waals surface area contributed by atoms with Crippen LogP contribution in [0.4, 0.5) is 0 Å². The van der Waals surface area contributed by atoms with Gasteiger partial charge in [-0.25, -0.2) is 0 Å². The molecule has 0 spiro atoms. The number of amides is 4. The molecule has 2 N–H and O–H groups in total. The summed E-state index contributed by atoms with van der Waals surface area (Å²) in [6.45, 7) is 3.31. The van der Waals surface area contributed by atoms with Crippen molar-refractivity contribution in [2.24, 2.45) is 5.92 Å². The Morgan fingerprint density at radius 1 is 1.28 bits per heavy atom. The Bertz CT molecular complexity index is 868. The first-order chi connectivity index (χ1) is 14.0. The Labute approximate surface area is 169 Å². The summed E-state index contributed by atoms with van der Waals surface area (Å²) in [6, 6.07) is 4.92. The Morgan fingerprint density at radius 2 is 2.10 bits per heavy atom. The highest BCUT2D eigenvalue weighted by atomic mass is 16.5. The van der Waals surface area contributed by atoms with Crippen LogP contribution < -0.4 is 10.6 Å². The van der Waals surface area contributed by atoms with Crippen LogP contribution in [-0.4, -0.2) is 47.3 Å². The molecule has 4 rings (SSSR count). The summed E-state index contributed by atoms with van der Waals surface area (Å²) in [5, 5.41) is 5.26. The van der Waals surface area contributed by atoms with Crippen molar-refractivity contribution in [3.63, 3.8) is 0 Å². The third kappa shape index (κ3) is 3.76. The first-order valence-corrected chi connectivity index (χ1v) is 10.1. The Morgan fingerprint density at radius 3 is 2.86 bits per heavy atom. The molecule has 3 aliphatic heterocycles. The molecule has 8 heteroatoms. The minimum absolute atomic E-state index is 0.0219. The Kier molecular flexibility index (Phi) is 5.36. The lowest BCUT2D eigenvalue weighted by Gasteiger charge is -2.29. The third-order valence-corrected chi connectivity index (χ3v) is 6.01. The Balaban J connectivity index is 1.41. The maximum Gasteiger partial charge on any atom is 0.255 e. The van der Waals surface area contributed by atoms with E-state index in [0.29, 0.717) is 31.7 Å². The summed E-state index contributed by atoms with van der Waals surface area (Å²) in [5.74, 6) is -1.08.